The molecule has 6 rings (SSSR count). The zero-order valence-corrected chi connectivity index (χ0v) is 23.8. The number of para-hydroxylation sites is 1. The van der Waals surface area contributed by atoms with Gasteiger partial charge < -0.3 is 13.9 Å². The Morgan fingerprint density at radius 1 is 1.07 bits per heavy atom. The summed E-state index contributed by atoms with van der Waals surface area (Å²) in [7, 11) is 1.54. The van der Waals surface area contributed by atoms with Crippen LogP contribution in [0.1, 0.15) is 16.7 Å². The first-order valence-electron chi connectivity index (χ1n) is 13.4. The molecule has 2 aromatic heterocycles. The Labute approximate surface area is 251 Å². The largest absolute Gasteiger partial charge is 0.493 e. The molecule has 0 spiro atoms. The smallest absolute Gasteiger partial charge is 0.282 e. The molecule has 0 unspecified atom stereocenters. The minimum Gasteiger partial charge on any atom is -0.493 e. The van der Waals surface area contributed by atoms with E-state index in [0.29, 0.717) is 50.8 Å². The van der Waals surface area contributed by atoms with E-state index in [-0.39, 0.29) is 23.8 Å². The molecule has 4 aromatic carbocycles. The van der Waals surface area contributed by atoms with Crippen LogP contribution >= 0.6 is 11.6 Å². The van der Waals surface area contributed by atoms with E-state index in [1.54, 1.807) is 80.1 Å². The lowest BCUT2D eigenvalue weighted by Crippen LogP contribution is -2.20. The van der Waals surface area contributed by atoms with E-state index in [0.717, 1.165) is 16.5 Å². The fraction of sp³-hybridized carbons (Fsp3) is 0.0882. The Bertz CT molecular complexity index is 2070. The molecule has 0 bridgehead atoms. The van der Waals surface area contributed by atoms with Gasteiger partial charge in [-0.15, -0.1) is 6.58 Å². The van der Waals surface area contributed by atoms with Gasteiger partial charge >= 0.3 is 0 Å². The first-order valence-corrected chi connectivity index (χ1v) is 13.8. The number of hydrogen-bond acceptors (Lipinski definition) is 6. The van der Waals surface area contributed by atoms with Crippen LogP contribution in [0.5, 0.6) is 11.5 Å². The van der Waals surface area contributed by atoms with Crippen molar-refractivity contribution in [3.8, 4) is 23.1 Å². The number of methoxy groups -OCH3 is 1. The summed E-state index contributed by atoms with van der Waals surface area (Å²) in [5.74, 6) is 1.30. The molecule has 0 fully saturated rings. The van der Waals surface area contributed by atoms with Crippen molar-refractivity contribution in [1.29, 1.82) is 0 Å². The van der Waals surface area contributed by atoms with Crippen LogP contribution in [0.15, 0.2) is 112 Å². The molecule has 0 saturated heterocycles. The van der Waals surface area contributed by atoms with Crippen LogP contribution in [-0.2, 0) is 13.0 Å². The lowest BCUT2D eigenvalue weighted by molar-refractivity contribution is 0.282. The van der Waals surface area contributed by atoms with E-state index in [4.69, 9.17) is 30.5 Å². The summed E-state index contributed by atoms with van der Waals surface area (Å²) >= 11 is 6.18. The summed E-state index contributed by atoms with van der Waals surface area (Å²) in [6.45, 7) is 4.09. The van der Waals surface area contributed by atoms with Crippen LogP contribution in [0, 0.1) is 5.82 Å². The van der Waals surface area contributed by atoms with Crippen LogP contribution in [-0.4, -0.2) is 23.0 Å². The lowest BCUT2D eigenvalue weighted by atomic mass is 10.1. The van der Waals surface area contributed by atoms with Crippen molar-refractivity contribution in [3.63, 3.8) is 0 Å². The second-order valence-corrected chi connectivity index (χ2v) is 10.2. The molecule has 7 nitrogen and oxygen atoms in total. The minimum absolute atomic E-state index is 0.221. The van der Waals surface area contributed by atoms with Gasteiger partial charge in [0.25, 0.3) is 5.56 Å². The average molecular weight is 594 g/mol. The molecule has 2 heterocycles. The predicted molar refractivity (Wildman–Crippen MR) is 167 cm³/mol. The van der Waals surface area contributed by atoms with Gasteiger partial charge in [-0.3, -0.25) is 4.79 Å². The van der Waals surface area contributed by atoms with Crippen molar-refractivity contribution in [2.45, 2.75) is 13.0 Å². The van der Waals surface area contributed by atoms with E-state index in [9.17, 15) is 9.18 Å². The van der Waals surface area contributed by atoms with Gasteiger partial charge in [0, 0.05) is 16.0 Å². The second-order valence-electron chi connectivity index (χ2n) is 9.73. The number of benzene rings is 4. The fourth-order valence-electron chi connectivity index (χ4n) is 4.76. The second kappa shape index (κ2) is 12.0. The molecule has 0 amide bonds. The van der Waals surface area contributed by atoms with E-state index in [1.165, 1.54) is 16.8 Å². The summed E-state index contributed by atoms with van der Waals surface area (Å²) in [6, 6.07) is 23.9. The first-order chi connectivity index (χ1) is 20.9. The zero-order chi connectivity index (χ0) is 29.9. The van der Waals surface area contributed by atoms with E-state index < -0.39 is 0 Å². The third kappa shape index (κ3) is 5.78. The van der Waals surface area contributed by atoms with Gasteiger partial charge in [0.15, 0.2) is 17.3 Å². The number of nitrogens with zero attached hydrogens (tertiary/aromatic N) is 3. The summed E-state index contributed by atoms with van der Waals surface area (Å²) < 4.78 is 32.4. The maximum absolute atomic E-state index is 13.7. The van der Waals surface area contributed by atoms with Crippen molar-refractivity contribution in [1.82, 2.24) is 9.66 Å². The average Bonchev–Trinajstić information content (AvgIpc) is 3.44. The number of aromatic nitrogens is 2. The van der Waals surface area contributed by atoms with Crippen molar-refractivity contribution in [2.24, 2.45) is 5.10 Å². The third-order valence-corrected chi connectivity index (χ3v) is 7.04. The Morgan fingerprint density at radius 3 is 2.67 bits per heavy atom. The molecule has 0 N–H and O–H groups in total. The Hall–Kier alpha value is -5.21. The number of furan rings is 1. The lowest BCUT2D eigenvalue weighted by Gasteiger charge is -2.16. The molecule has 0 aliphatic heterocycles. The highest BCUT2D eigenvalue weighted by atomic mass is 35.5. The Morgan fingerprint density at radius 2 is 1.88 bits per heavy atom. The van der Waals surface area contributed by atoms with Crippen LogP contribution < -0.4 is 15.0 Å². The van der Waals surface area contributed by atoms with E-state index >= 15 is 0 Å². The van der Waals surface area contributed by atoms with Gasteiger partial charge in [0.1, 0.15) is 18.0 Å². The van der Waals surface area contributed by atoms with Crippen molar-refractivity contribution >= 4 is 39.7 Å². The normalized spacial score (nSPS) is 11.4. The molecule has 0 radical (unpaired) electrons. The number of fused-ring (bicyclic) bond motifs is 2. The first kappa shape index (κ1) is 27.9. The van der Waals surface area contributed by atoms with Gasteiger partial charge in [-0.1, -0.05) is 41.9 Å². The summed E-state index contributed by atoms with van der Waals surface area (Å²) in [6.07, 6.45) is 3.80. The molecule has 0 aliphatic rings. The van der Waals surface area contributed by atoms with Crippen molar-refractivity contribution in [2.75, 3.05) is 7.11 Å². The Balaban J connectivity index is 1.42. The summed E-state index contributed by atoms with van der Waals surface area (Å²) in [4.78, 5) is 18.4. The van der Waals surface area contributed by atoms with Gasteiger partial charge in [0.05, 0.1) is 24.2 Å². The van der Waals surface area contributed by atoms with Gasteiger partial charge in [0.2, 0.25) is 5.82 Å². The maximum atomic E-state index is 13.7. The quantitative estimate of drug-likeness (QED) is 0.126. The molecule has 0 aliphatic carbocycles. The molecule has 214 valence electrons. The van der Waals surface area contributed by atoms with Gasteiger partial charge in [-0.25, -0.2) is 9.37 Å². The third-order valence-electron chi connectivity index (χ3n) is 6.81. The van der Waals surface area contributed by atoms with Crippen LogP contribution in [0.3, 0.4) is 0 Å². The summed E-state index contributed by atoms with van der Waals surface area (Å²) in [5, 5.41) is 6.32. The molecule has 0 saturated carbocycles. The highest BCUT2D eigenvalue weighted by Gasteiger charge is 2.17. The molecule has 9 heteroatoms. The van der Waals surface area contributed by atoms with Gasteiger partial charge in [-0.05, 0) is 78.2 Å². The Kier molecular flexibility index (Phi) is 7.77. The minimum atomic E-state index is -0.354. The topological polar surface area (TPSA) is 78.9 Å². The molecular formula is C34H25ClFN3O4. The van der Waals surface area contributed by atoms with Crippen LogP contribution in [0.2, 0.25) is 5.02 Å². The van der Waals surface area contributed by atoms with Gasteiger partial charge in [-0.2, -0.15) is 9.78 Å². The number of rotatable bonds is 9. The number of halogens is 2. The number of allylic oxidation sites excluding steroid dienone is 1. The summed E-state index contributed by atoms with van der Waals surface area (Å²) in [5.41, 5.74) is 3.04. The number of ether oxygens (including phenoxy) is 2. The monoisotopic (exact) mass is 593 g/mol. The van der Waals surface area contributed by atoms with Crippen molar-refractivity contribution < 1.29 is 18.3 Å². The molecule has 0 atom stereocenters. The SMILES string of the molecule is C=CCc1cc(C=Nn2c(-c3cc4cc(Cl)ccc4o3)nc3ccccc3c2=O)cc(OC)c1OCc1ccc(F)cc1. The fourth-order valence-corrected chi connectivity index (χ4v) is 4.94. The molecule has 43 heavy (non-hydrogen) atoms. The number of hydrogen-bond donors (Lipinski definition) is 0. The highest BCUT2D eigenvalue weighted by Crippen LogP contribution is 2.34. The zero-order valence-electron chi connectivity index (χ0n) is 23.1. The van der Waals surface area contributed by atoms with Crippen molar-refractivity contribution in [3.05, 3.63) is 135 Å². The van der Waals surface area contributed by atoms with E-state index in [2.05, 4.69) is 11.7 Å². The maximum Gasteiger partial charge on any atom is 0.282 e. The molecular weight excluding hydrogens is 569 g/mol. The molecule has 6 aromatic rings. The standard InChI is InChI=1S/C34H25ClFN3O4/c1-3-6-23-15-22(16-30(41-2)32(23)42-20-21-9-12-26(36)13-10-21)19-37-39-33(38-28-8-5-4-7-27(28)34(39)40)31-18-24-17-25(35)11-14-29(24)43-31/h3-5,7-19H,1,6,20H2,2H3. The highest BCUT2D eigenvalue weighted by molar-refractivity contribution is 6.31. The van der Waals surface area contributed by atoms with Crippen LogP contribution in [0.25, 0.3) is 33.5 Å². The van der Waals surface area contributed by atoms with E-state index in [1.807, 2.05) is 12.1 Å². The van der Waals surface area contributed by atoms with Crippen LogP contribution in [0.4, 0.5) is 4.39 Å². The predicted octanol–water partition coefficient (Wildman–Crippen LogP) is 7.80.